The Kier molecular flexibility index (Phi) is 5.63. The standard InChI is InChI=1S/C21H24N2O5/c1-13-9-17(14(2)23(13)12-16-7-6-8-28-16)21(24)22-15-10-18(25-3)20(27-5)19(11-15)26-4/h6-11H,12H2,1-5H3,(H,22,24). The van der Waals surface area contributed by atoms with E-state index < -0.39 is 0 Å². The average molecular weight is 384 g/mol. The maximum atomic E-state index is 12.9. The molecule has 28 heavy (non-hydrogen) atoms. The lowest BCUT2D eigenvalue weighted by Crippen LogP contribution is -2.14. The van der Waals surface area contributed by atoms with E-state index in [1.165, 1.54) is 21.3 Å². The van der Waals surface area contributed by atoms with E-state index in [0.717, 1.165) is 17.1 Å². The van der Waals surface area contributed by atoms with E-state index in [0.29, 0.717) is 35.0 Å². The molecule has 3 rings (SSSR count). The van der Waals surface area contributed by atoms with E-state index >= 15 is 0 Å². The first-order chi connectivity index (χ1) is 13.5. The molecule has 0 aliphatic heterocycles. The molecule has 0 aliphatic rings. The van der Waals surface area contributed by atoms with E-state index in [9.17, 15) is 4.79 Å². The Morgan fingerprint density at radius 2 is 1.75 bits per heavy atom. The summed E-state index contributed by atoms with van der Waals surface area (Å²) in [5, 5.41) is 2.91. The number of furan rings is 1. The molecule has 0 atom stereocenters. The molecule has 0 saturated heterocycles. The predicted octanol–water partition coefficient (Wildman–Crippen LogP) is 4.02. The van der Waals surface area contributed by atoms with Gasteiger partial charge in [0.2, 0.25) is 5.75 Å². The average Bonchev–Trinajstić information content (AvgIpc) is 3.30. The van der Waals surface area contributed by atoms with Crippen LogP contribution in [-0.4, -0.2) is 31.8 Å². The maximum Gasteiger partial charge on any atom is 0.257 e. The van der Waals surface area contributed by atoms with Gasteiger partial charge < -0.3 is 28.5 Å². The van der Waals surface area contributed by atoms with Gasteiger partial charge in [0.1, 0.15) is 5.76 Å². The van der Waals surface area contributed by atoms with Crippen LogP contribution in [0.25, 0.3) is 0 Å². The zero-order chi connectivity index (χ0) is 20.3. The molecule has 0 unspecified atom stereocenters. The van der Waals surface area contributed by atoms with Gasteiger partial charge in [0, 0.05) is 29.2 Å². The summed E-state index contributed by atoms with van der Waals surface area (Å²) in [6, 6.07) is 9.02. The van der Waals surface area contributed by atoms with E-state index in [-0.39, 0.29) is 5.91 Å². The topological polar surface area (TPSA) is 74.9 Å². The van der Waals surface area contributed by atoms with Gasteiger partial charge in [0.25, 0.3) is 5.91 Å². The second-order valence-corrected chi connectivity index (χ2v) is 6.32. The molecular formula is C21H24N2O5. The molecule has 1 aromatic carbocycles. The van der Waals surface area contributed by atoms with E-state index in [4.69, 9.17) is 18.6 Å². The molecule has 0 saturated carbocycles. The molecule has 0 radical (unpaired) electrons. The normalized spacial score (nSPS) is 10.6. The van der Waals surface area contributed by atoms with E-state index in [2.05, 4.69) is 5.32 Å². The number of hydrogen-bond acceptors (Lipinski definition) is 5. The first-order valence-electron chi connectivity index (χ1n) is 8.79. The highest BCUT2D eigenvalue weighted by Gasteiger charge is 2.19. The van der Waals surface area contributed by atoms with Crippen molar-refractivity contribution in [3.05, 3.63) is 59.3 Å². The second-order valence-electron chi connectivity index (χ2n) is 6.32. The summed E-state index contributed by atoms with van der Waals surface area (Å²) in [7, 11) is 4.60. The number of carbonyl (C=O) groups excluding carboxylic acids is 1. The smallest absolute Gasteiger partial charge is 0.257 e. The van der Waals surface area contributed by atoms with Gasteiger partial charge in [-0.3, -0.25) is 4.79 Å². The third-order valence-corrected chi connectivity index (χ3v) is 4.63. The van der Waals surface area contributed by atoms with E-state index in [1.54, 1.807) is 18.4 Å². The fourth-order valence-electron chi connectivity index (χ4n) is 3.18. The van der Waals surface area contributed by atoms with Crippen LogP contribution in [0.2, 0.25) is 0 Å². The molecule has 0 bridgehead atoms. The fourth-order valence-corrected chi connectivity index (χ4v) is 3.18. The van der Waals surface area contributed by atoms with E-state index in [1.807, 2.05) is 36.6 Å². The zero-order valence-electron chi connectivity index (χ0n) is 16.7. The molecule has 3 aromatic rings. The molecule has 2 aromatic heterocycles. The number of rotatable bonds is 7. The van der Waals surface area contributed by atoms with Crippen LogP contribution in [-0.2, 0) is 6.54 Å². The number of amides is 1. The first kappa shape index (κ1) is 19.4. The molecular weight excluding hydrogens is 360 g/mol. The van der Waals surface area contributed by atoms with Crippen LogP contribution in [0.15, 0.2) is 41.0 Å². The minimum Gasteiger partial charge on any atom is -0.493 e. The van der Waals surface area contributed by atoms with Gasteiger partial charge in [-0.05, 0) is 32.0 Å². The number of aryl methyl sites for hydroxylation is 1. The highest BCUT2D eigenvalue weighted by Crippen LogP contribution is 2.40. The van der Waals surface area contributed by atoms with Crippen molar-refractivity contribution >= 4 is 11.6 Å². The van der Waals surface area contributed by atoms with Gasteiger partial charge in [0.15, 0.2) is 11.5 Å². The van der Waals surface area contributed by atoms with Crippen LogP contribution in [0, 0.1) is 13.8 Å². The number of methoxy groups -OCH3 is 3. The summed E-state index contributed by atoms with van der Waals surface area (Å²) in [6.45, 7) is 4.45. The monoisotopic (exact) mass is 384 g/mol. The van der Waals surface area contributed by atoms with Crippen LogP contribution in [0.1, 0.15) is 27.5 Å². The van der Waals surface area contributed by atoms with Crippen LogP contribution in [0.4, 0.5) is 5.69 Å². The van der Waals surface area contributed by atoms with Crippen molar-refractivity contribution in [2.45, 2.75) is 20.4 Å². The Balaban J connectivity index is 1.87. The van der Waals surface area contributed by atoms with Crippen molar-refractivity contribution in [2.24, 2.45) is 0 Å². The summed E-state index contributed by atoms with van der Waals surface area (Å²) in [5.41, 5.74) is 2.98. The van der Waals surface area contributed by atoms with Crippen LogP contribution < -0.4 is 19.5 Å². The molecule has 0 aliphatic carbocycles. The number of nitrogens with zero attached hydrogens (tertiary/aromatic N) is 1. The maximum absolute atomic E-state index is 12.9. The largest absolute Gasteiger partial charge is 0.493 e. The van der Waals surface area contributed by atoms with Crippen molar-refractivity contribution in [3.8, 4) is 17.2 Å². The van der Waals surface area contributed by atoms with Crippen molar-refractivity contribution in [1.29, 1.82) is 0 Å². The van der Waals surface area contributed by atoms with Gasteiger partial charge in [-0.1, -0.05) is 0 Å². The third kappa shape index (κ3) is 3.69. The number of anilines is 1. The lowest BCUT2D eigenvalue weighted by atomic mass is 10.2. The SMILES string of the molecule is COc1cc(NC(=O)c2cc(C)n(Cc3ccco3)c2C)cc(OC)c1OC. The van der Waals surface area contributed by atoms with Gasteiger partial charge in [0.05, 0.1) is 39.7 Å². The summed E-state index contributed by atoms with van der Waals surface area (Å²) in [5.74, 6) is 2.03. The van der Waals surface area contributed by atoms with Crippen molar-refractivity contribution < 1.29 is 23.4 Å². The number of aromatic nitrogens is 1. The second kappa shape index (κ2) is 8.12. The Morgan fingerprint density at radius 3 is 2.29 bits per heavy atom. The zero-order valence-corrected chi connectivity index (χ0v) is 16.7. The van der Waals surface area contributed by atoms with Crippen molar-refractivity contribution in [1.82, 2.24) is 4.57 Å². The lowest BCUT2D eigenvalue weighted by molar-refractivity contribution is 0.102. The molecule has 1 N–H and O–H groups in total. The minimum atomic E-state index is -0.215. The van der Waals surface area contributed by atoms with Gasteiger partial charge in [-0.25, -0.2) is 0 Å². The molecule has 7 nitrogen and oxygen atoms in total. The molecule has 2 heterocycles. The van der Waals surface area contributed by atoms with Crippen molar-refractivity contribution in [2.75, 3.05) is 26.6 Å². The number of nitrogens with one attached hydrogen (secondary N) is 1. The highest BCUT2D eigenvalue weighted by molar-refractivity contribution is 6.05. The van der Waals surface area contributed by atoms with Crippen molar-refractivity contribution in [3.63, 3.8) is 0 Å². The first-order valence-corrected chi connectivity index (χ1v) is 8.79. The number of carbonyl (C=O) groups is 1. The molecule has 1 amide bonds. The number of hydrogen-bond donors (Lipinski definition) is 1. The molecule has 7 heteroatoms. The highest BCUT2D eigenvalue weighted by atomic mass is 16.5. The van der Waals surface area contributed by atoms with Gasteiger partial charge >= 0.3 is 0 Å². The van der Waals surface area contributed by atoms with Gasteiger partial charge in [-0.2, -0.15) is 0 Å². The molecule has 0 fully saturated rings. The predicted molar refractivity (Wildman–Crippen MR) is 106 cm³/mol. The summed E-state index contributed by atoms with van der Waals surface area (Å²) < 4.78 is 23.5. The summed E-state index contributed by atoms with van der Waals surface area (Å²) >= 11 is 0. The molecule has 148 valence electrons. The Morgan fingerprint density at radius 1 is 1.07 bits per heavy atom. The number of ether oxygens (including phenoxy) is 3. The fraction of sp³-hybridized carbons (Fsp3) is 0.286. The molecule has 0 spiro atoms. The third-order valence-electron chi connectivity index (χ3n) is 4.63. The quantitative estimate of drug-likeness (QED) is 0.666. The summed E-state index contributed by atoms with van der Waals surface area (Å²) in [4.78, 5) is 12.9. The number of benzene rings is 1. The summed E-state index contributed by atoms with van der Waals surface area (Å²) in [6.07, 6.45) is 1.64. The Bertz CT molecular complexity index is 948. The lowest BCUT2D eigenvalue weighted by Gasteiger charge is -2.14. The Labute approximate surface area is 163 Å². The van der Waals surface area contributed by atoms with Crippen LogP contribution >= 0.6 is 0 Å². The Hall–Kier alpha value is -3.35. The van der Waals surface area contributed by atoms with Crippen LogP contribution in [0.3, 0.4) is 0 Å². The minimum absolute atomic E-state index is 0.215. The van der Waals surface area contributed by atoms with Gasteiger partial charge in [-0.15, -0.1) is 0 Å². The van der Waals surface area contributed by atoms with Crippen LogP contribution in [0.5, 0.6) is 17.2 Å².